The van der Waals surface area contributed by atoms with Crippen molar-refractivity contribution < 1.29 is 14.3 Å². The van der Waals surface area contributed by atoms with E-state index in [-0.39, 0.29) is 29.5 Å². The van der Waals surface area contributed by atoms with Gasteiger partial charge in [0, 0.05) is 63.1 Å². The second-order valence-corrected chi connectivity index (χ2v) is 15.2. The van der Waals surface area contributed by atoms with Crippen LogP contribution in [0.3, 0.4) is 0 Å². The topological polar surface area (TPSA) is 121 Å². The number of fused-ring (bicyclic) bond motifs is 1. The summed E-state index contributed by atoms with van der Waals surface area (Å²) in [4.78, 5) is 42.7. The Morgan fingerprint density at radius 3 is 2.62 bits per heavy atom. The Morgan fingerprint density at radius 1 is 1.04 bits per heavy atom. The average molecular weight is 680 g/mol. The predicted octanol–water partition coefficient (Wildman–Crippen LogP) is 3.59. The van der Waals surface area contributed by atoms with Gasteiger partial charge in [-0.3, -0.25) is 24.6 Å². The number of benzene rings is 1. The molecule has 3 saturated heterocycles. The van der Waals surface area contributed by atoms with Crippen LogP contribution in [0.25, 0.3) is 17.0 Å². The summed E-state index contributed by atoms with van der Waals surface area (Å²) < 4.78 is 7.58. The molecule has 1 aliphatic carbocycles. The first-order valence-corrected chi connectivity index (χ1v) is 18.3. The third kappa shape index (κ3) is 6.44. The number of hydrogen-bond acceptors (Lipinski definition) is 9. The highest BCUT2D eigenvalue weighted by Crippen LogP contribution is 2.46. The minimum atomic E-state index is -0.358. The van der Waals surface area contributed by atoms with E-state index in [1.165, 1.54) is 16.7 Å². The molecule has 0 bridgehead atoms. The maximum Gasteiger partial charge on any atom is 0.237 e. The lowest BCUT2D eigenvalue weighted by Gasteiger charge is -2.38. The number of hydrogen-bond donors (Lipinski definition) is 2. The van der Waals surface area contributed by atoms with Gasteiger partial charge in [0.25, 0.3) is 0 Å². The van der Waals surface area contributed by atoms with Gasteiger partial charge in [-0.05, 0) is 87.6 Å². The number of likely N-dealkylation sites (tertiary alicyclic amines) is 2. The molecule has 50 heavy (non-hydrogen) atoms. The van der Waals surface area contributed by atoms with Crippen molar-refractivity contribution >= 4 is 17.4 Å². The SMILES string of the molecule is CC(C)Oc1cc(C2NNC3CCC(N4CC[C@]5(CCN(CC(=O)N6CC=C(c7ccc(-c8ncn(C)n8)cc7)CC6)C5)C4=O)CC32)ccn1. The third-order valence-electron chi connectivity index (χ3n) is 11.7. The van der Waals surface area contributed by atoms with Crippen molar-refractivity contribution in [3.63, 3.8) is 0 Å². The number of ether oxygens (including phenoxy) is 1. The van der Waals surface area contributed by atoms with Crippen molar-refractivity contribution in [1.29, 1.82) is 0 Å². The van der Waals surface area contributed by atoms with Gasteiger partial charge < -0.3 is 14.5 Å². The standard InChI is InChI=1S/C38H49N9O3/c1-25(2)50-33-20-29(10-15-39-33)35-31-21-30(8-9-32(31)41-42-35)47-19-14-38(37(47)49)13-18-45(23-38)22-34(48)46-16-11-27(12-17-46)26-4-6-28(7-5-26)36-40-24-44(3)43-36/h4-7,10-11,15,20,24-25,30-32,35,41-42H,8-9,12-14,16-19,21-23H2,1-3H3/t30?,31?,32?,35?,38-/m0/s1. The molecule has 5 aliphatic rings. The summed E-state index contributed by atoms with van der Waals surface area (Å²) in [6, 6.07) is 13.3. The van der Waals surface area contributed by atoms with E-state index >= 15 is 0 Å². The third-order valence-corrected chi connectivity index (χ3v) is 11.7. The van der Waals surface area contributed by atoms with Gasteiger partial charge in [-0.15, -0.1) is 0 Å². The van der Waals surface area contributed by atoms with Crippen LogP contribution in [-0.4, -0.2) is 104 Å². The van der Waals surface area contributed by atoms with E-state index in [1.54, 1.807) is 11.0 Å². The first-order chi connectivity index (χ1) is 24.2. The van der Waals surface area contributed by atoms with Gasteiger partial charge in [0.1, 0.15) is 6.33 Å². The Hall–Kier alpha value is -4.13. The molecule has 2 N–H and O–H groups in total. The van der Waals surface area contributed by atoms with Crippen LogP contribution in [0.1, 0.15) is 69.5 Å². The molecule has 12 heteroatoms. The van der Waals surface area contributed by atoms with Crippen LogP contribution in [0.2, 0.25) is 0 Å². The maximum absolute atomic E-state index is 14.2. The molecule has 6 heterocycles. The molecular formula is C38H49N9O3. The first-order valence-electron chi connectivity index (χ1n) is 18.3. The summed E-state index contributed by atoms with van der Waals surface area (Å²) in [5.74, 6) is 2.21. The van der Waals surface area contributed by atoms with Gasteiger partial charge in [-0.1, -0.05) is 30.3 Å². The molecule has 1 aromatic carbocycles. The smallest absolute Gasteiger partial charge is 0.237 e. The molecule has 4 fully saturated rings. The van der Waals surface area contributed by atoms with E-state index in [9.17, 15) is 9.59 Å². The van der Waals surface area contributed by atoms with E-state index < -0.39 is 0 Å². The predicted molar refractivity (Wildman–Crippen MR) is 189 cm³/mol. The van der Waals surface area contributed by atoms with Gasteiger partial charge in [0.05, 0.1) is 24.1 Å². The summed E-state index contributed by atoms with van der Waals surface area (Å²) in [6.45, 7) is 8.02. The van der Waals surface area contributed by atoms with Gasteiger partial charge in [-0.2, -0.15) is 5.10 Å². The van der Waals surface area contributed by atoms with Gasteiger partial charge in [-0.25, -0.2) is 15.4 Å². The second kappa shape index (κ2) is 13.5. The lowest BCUT2D eigenvalue weighted by Crippen LogP contribution is -2.47. The lowest BCUT2D eigenvalue weighted by atomic mass is 9.77. The molecule has 4 aliphatic heterocycles. The van der Waals surface area contributed by atoms with Crippen LogP contribution >= 0.6 is 0 Å². The largest absolute Gasteiger partial charge is 0.475 e. The molecule has 1 saturated carbocycles. The lowest BCUT2D eigenvalue weighted by molar-refractivity contribution is -0.139. The highest BCUT2D eigenvalue weighted by molar-refractivity contribution is 5.86. The number of carbonyl (C=O) groups excluding carboxylic acids is 2. The number of rotatable bonds is 8. The number of carbonyl (C=O) groups is 2. The van der Waals surface area contributed by atoms with Gasteiger partial charge in [0.15, 0.2) is 5.82 Å². The molecule has 2 aromatic heterocycles. The Labute approximate surface area is 294 Å². The van der Waals surface area contributed by atoms with Crippen molar-refractivity contribution in [2.75, 3.05) is 39.3 Å². The van der Waals surface area contributed by atoms with E-state index in [2.05, 4.69) is 78.2 Å². The minimum Gasteiger partial charge on any atom is -0.475 e. The normalized spacial score (nSPS) is 28.5. The van der Waals surface area contributed by atoms with Crippen LogP contribution in [0, 0.1) is 11.3 Å². The minimum absolute atomic E-state index is 0.0687. The number of aryl methyl sites for hydroxylation is 1. The fourth-order valence-electron chi connectivity index (χ4n) is 8.99. The number of nitrogens with zero attached hydrogens (tertiary/aromatic N) is 7. The Bertz CT molecular complexity index is 1760. The summed E-state index contributed by atoms with van der Waals surface area (Å²) in [7, 11) is 1.87. The van der Waals surface area contributed by atoms with Crippen molar-refractivity contribution in [3.05, 3.63) is 66.1 Å². The average Bonchev–Trinajstić information content (AvgIpc) is 3.92. The fraction of sp³-hybridized carbons (Fsp3) is 0.553. The van der Waals surface area contributed by atoms with Crippen molar-refractivity contribution in [2.45, 2.75) is 76.6 Å². The molecule has 8 rings (SSSR count). The van der Waals surface area contributed by atoms with Crippen LogP contribution in [-0.2, 0) is 16.6 Å². The molecule has 2 amide bonds. The van der Waals surface area contributed by atoms with Crippen LogP contribution in [0.15, 0.2) is 55.0 Å². The van der Waals surface area contributed by atoms with Gasteiger partial charge in [0.2, 0.25) is 17.7 Å². The Balaban J connectivity index is 0.847. The summed E-state index contributed by atoms with van der Waals surface area (Å²) in [5, 5.41) is 4.39. The number of pyridine rings is 1. The van der Waals surface area contributed by atoms with Crippen LogP contribution in [0.5, 0.6) is 5.88 Å². The van der Waals surface area contributed by atoms with Crippen LogP contribution in [0.4, 0.5) is 0 Å². The van der Waals surface area contributed by atoms with E-state index in [1.807, 2.05) is 32.0 Å². The highest BCUT2D eigenvalue weighted by atomic mass is 16.5. The maximum atomic E-state index is 14.2. The number of amides is 2. The van der Waals surface area contributed by atoms with Crippen molar-refractivity contribution in [2.24, 2.45) is 18.4 Å². The summed E-state index contributed by atoms with van der Waals surface area (Å²) >= 11 is 0. The van der Waals surface area contributed by atoms with E-state index in [0.29, 0.717) is 49.9 Å². The monoisotopic (exact) mass is 679 g/mol. The Kier molecular flexibility index (Phi) is 8.94. The molecule has 1 spiro atoms. The van der Waals surface area contributed by atoms with Crippen molar-refractivity contribution in [3.8, 4) is 17.3 Å². The zero-order valence-electron chi connectivity index (χ0n) is 29.4. The number of nitrogens with one attached hydrogen (secondary N) is 2. The molecule has 12 nitrogen and oxygen atoms in total. The first kappa shape index (κ1) is 33.0. The number of hydrazine groups is 1. The molecule has 3 aromatic rings. The van der Waals surface area contributed by atoms with Crippen molar-refractivity contribution in [1.82, 2.24) is 45.3 Å². The van der Waals surface area contributed by atoms with Crippen LogP contribution < -0.4 is 15.6 Å². The highest BCUT2D eigenvalue weighted by Gasteiger charge is 2.53. The van der Waals surface area contributed by atoms with E-state index in [0.717, 1.165) is 63.0 Å². The molecule has 5 atom stereocenters. The summed E-state index contributed by atoms with van der Waals surface area (Å²) in [5.41, 5.74) is 11.3. The number of aromatic nitrogens is 4. The molecule has 264 valence electrons. The second-order valence-electron chi connectivity index (χ2n) is 15.2. The summed E-state index contributed by atoms with van der Waals surface area (Å²) in [6.07, 6.45) is 11.4. The quantitative estimate of drug-likeness (QED) is 0.368. The Morgan fingerprint density at radius 2 is 1.86 bits per heavy atom. The zero-order chi connectivity index (χ0) is 34.4. The van der Waals surface area contributed by atoms with E-state index in [4.69, 9.17) is 4.74 Å². The molecule has 4 unspecified atom stereocenters. The molecule has 0 radical (unpaired) electrons. The zero-order valence-corrected chi connectivity index (χ0v) is 29.4. The van der Waals surface area contributed by atoms with Gasteiger partial charge >= 0.3 is 0 Å². The molecular weight excluding hydrogens is 630 g/mol. The fourth-order valence-corrected chi connectivity index (χ4v) is 8.99.